The minimum atomic E-state index is -0.0244. The van der Waals surface area contributed by atoms with Crippen LogP contribution in [0, 0.1) is 5.92 Å². The van der Waals surface area contributed by atoms with Gasteiger partial charge in [0.1, 0.15) is 0 Å². The summed E-state index contributed by atoms with van der Waals surface area (Å²) in [6, 6.07) is 1.31. The van der Waals surface area contributed by atoms with Crippen LogP contribution in [0.3, 0.4) is 0 Å². The lowest BCUT2D eigenvalue weighted by atomic mass is 9.78. The van der Waals surface area contributed by atoms with Gasteiger partial charge >= 0.3 is 0 Å². The van der Waals surface area contributed by atoms with E-state index in [4.69, 9.17) is 0 Å². The van der Waals surface area contributed by atoms with Gasteiger partial charge in [0.05, 0.1) is 6.10 Å². The average molecular weight is 169 g/mol. The molecule has 0 aliphatic carbocycles. The van der Waals surface area contributed by atoms with Crippen LogP contribution in [-0.2, 0) is 0 Å². The lowest BCUT2D eigenvalue weighted by molar-refractivity contribution is -0.0255. The van der Waals surface area contributed by atoms with Gasteiger partial charge in [0.15, 0.2) is 0 Å². The molecule has 2 atom stereocenters. The Balaban J connectivity index is 2.08. The van der Waals surface area contributed by atoms with E-state index in [1.807, 2.05) is 0 Å². The van der Waals surface area contributed by atoms with Gasteiger partial charge in [-0.15, -0.1) is 0 Å². The fourth-order valence-electron chi connectivity index (χ4n) is 2.91. The van der Waals surface area contributed by atoms with E-state index >= 15 is 0 Å². The quantitative estimate of drug-likeness (QED) is 0.590. The molecule has 0 spiro atoms. The number of hydrogen-bond acceptors (Lipinski definition) is 2. The highest BCUT2D eigenvalue weighted by atomic mass is 16.3. The zero-order valence-corrected chi connectivity index (χ0v) is 8.03. The van der Waals surface area contributed by atoms with Crippen molar-refractivity contribution in [1.29, 1.82) is 0 Å². The lowest BCUT2D eigenvalue weighted by Crippen LogP contribution is -2.53. The molecule has 0 saturated carbocycles. The fraction of sp³-hybridized carbons (Fsp3) is 1.00. The summed E-state index contributed by atoms with van der Waals surface area (Å²) in [7, 11) is 2.22. The minimum Gasteiger partial charge on any atom is -0.393 e. The molecule has 0 amide bonds. The van der Waals surface area contributed by atoms with Crippen molar-refractivity contribution < 1.29 is 5.11 Å². The highest BCUT2D eigenvalue weighted by Crippen LogP contribution is 2.35. The van der Waals surface area contributed by atoms with Crippen molar-refractivity contribution in [3.63, 3.8) is 0 Å². The van der Waals surface area contributed by atoms with Crippen molar-refractivity contribution in [2.45, 2.75) is 50.8 Å². The Morgan fingerprint density at radius 1 is 1.08 bits per heavy atom. The molecule has 2 rings (SSSR count). The molecule has 2 heteroatoms. The second-order valence-corrected chi connectivity index (χ2v) is 4.67. The molecule has 2 nitrogen and oxygen atoms in total. The average Bonchev–Trinajstić information content (AvgIpc) is 1.94. The van der Waals surface area contributed by atoms with Crippen molar-refractivity contribution in [3.8, 4) is 0 Å². The molecule has 0 radical (unpaired) electrons. The van der Waals surface area contributed by atoms with E-state index < -0.39 is 0 Å². The number of aliphatic hydroxyl groups is 1. The Morgan fingerprint density at radius 3 is 2.08 bits per heavy atom. The van der Waals surface area contributed by atoms with E-state index in [2.05, 4.69) is 18.9 Å². The summed E-state index contributed by atoms with van der Waals surface area (Å²) in [5.74, 6) is 0.865. The second-order valence-electron chi connectivity index (χ2n) is 4.67. The Bertz CT molecular complexity index is 141. The summed E-state index contributed by atoms with van der Waals surface area (Å²) in [6.07, 6.45) is 4.53. The molecular weight excluding hydrogens is 150 g/mol. The highest BCUT2D eigenvalue weighted by Gasteiger charge is 2.37. The maximum absolute atomic E-state index is 9.59. The predicted molar refractivity (Wildman–Crippen MR) is 49.0 cm³/mol. The van der Waals surface area contributed by atoms with Gasteiger partial charge in [-0.05, 0) is 38.6 Å². The minimum absolute atomic E-state index is 0.0244. The van der Waals surface area contributed by atoms with Crippen LogP contribution >= 0.6 is 0 Å². The SMILES string of the molecule is CC1CC2CC(O)CC(C1)N2C. The van der Waals surface area contributed by atoms with Crippen LogP contribution in [0.15, 0.2) is 0 Å². The first kappa shape index (κ1) is 8.52. The summed E-state index contributed by atoms with van der Waals surface area (Å²) < 4.78 is 0. The summed E-state index contributed by atoms with van der Waals surface area (Å²) in [5.41, 5.74) is 0. The molecule has 2 fully saturated rings. The maximum Gasteiger partial charge on any atom is 0.0570 e. The Hall–Kier alpha value is -0.0800. The van der Waals surface area contributed by atoms with E-state index in [0.717, 1.165) is 18.8 Å². The van der Waals surface area contributed by atoms with E-state index in [-0.39, 0.29) is 6.10 Å². The smallest absolute Gasteiger partial charge is 0.0570 e. The third-order valence-corrected chi connectivity index (χ3v) is 3.59. The predicted octanol–water partition coefficient (Wildman–Crippen LogP) is 1.24. The molecule has 12 heavy (non-hydrogen) atoms. The first-order valence-corrected chi connectivity index (χ1v) is 5.07. The van der Waals surface area contributed by atoms with Crippen molar-refractivity contribution in [3.05, 3.63) is 0 Å². The molecule has 0 aromatic heterocycles. The Morgan fingerprint density at radius 2 is 1.58 bits per heavy atom. The van der Waals surface area contributed by atoms with Crippen LogP contribution in [0.5, 0.6) is 0 Å². The topological polar surface area (TPSA) is 23.5 Å². The largest absolute Gasteiger partial charge is 0.393 e. The summed E-state index contributed by atoms with van der Waals surface area (Å²) >= 11 is 0. The van der Waals surface area contributed by atoms with Gasteiger partial charge in [0, 0.05) is 12.1 Å². The molecule has 0 aromatic carbocycles. The summed E-state index contributed by atoms with van der Waals surface area (Å²) in [5, 5.41) is 9.59. The van der Waals surface area contributed by atoms with Gasteiger partial charge in [-0.25, -0.2) is 0 Å². The molecule has 70 valence electrons. The molecule has 0 aromatic rings. The van der Waals surface area contributed by atoms with Crippen LogP contribution in [0.4, 0.5) is 0 Å². The number of hydrogen-bond donors (Lipinski definition) is 1. The molecule has 1 N–H and O–H groups in total. The van der Waals surface area contributed by atoms with Gasteiger partial charge in [0.25, 0.3) is 0 Å². The first-order chi connectivity index (χ1) is 5.66. The van der Waals surface area contributed by atoms with Crippen molar-refractivity contribution in [1.82, 2.24) is 4.90 Å². The number of fused-ring (bicyclic) bond motifs is 2. The van der Waals surface area contributed by atoms with E-state index in [9.17, 15) is 5.11 Å². The number of nitrogens with zero attached hydrogens (tertiary/aromatic N) is 1. The van der Waals surface area contributed by atoms with Crippen LogP contribution in [0.25, 0.3) is 0 Å². The lowest BCUT2D eigenvalue weighted by Gasteiger charge is -2.48. The summed E-state index contributed by atoms with van der Waals surface area (Å²) in [6.45, 7) is 2.34. The normalized spacial score (nSPS) is 49.2. The fourth-order valence-corrected chi connectivity index (χ4v) is 2.91. The second kappa shape index (κ2) is 3.00. The van der Waals surface area contributed by atoms with Gasteiger partial charge in [-0.3, -0.25) is 0 Å². The van der Waals surface area contributed by atoms with Crippen LogP contribution < -0.4 is 0 Å². The zero-order chi connectivity index (χ0) is 8.72. The Labute approximate surface area is 74.6 Å². The van der Waals surface area contributed by atoms with Crippen LogP contribution in [0.2, 0.25) is 0 Å². The number of rotatable bonds is 0. The third-order valence-electron chi connectivity index (χ3n) is 3.59. The van der Waals surface area contributed by atoms with Crippen LogP contribution in [-0.4, -0.2) is 35.2 Å². The van der Waals surface area contributed by atoms with Crippen molar-refractivity contribution >= 4 is 0 Å². The van der Waals surface area contributed by atoms with Gasteiger partial charge in [0.2, 0.25) is 0 Å². The van der Waals surface area contributed by atoms with Crippen molar-refractivity contribution in [2.24, 2.45) is 5.92 Å². The molecule has 2 aliphatic rings. The Kier molecular flexibility index (Phi) is 2.13. The monoisotopic (exact) mass is 169 g/mol. The number of aliphatic hydroxyl groups excluding tert-OH is 1. The van der Waals surface area contributed by atoms with Crippen LogP contribution in [0.1, 0.15) is 32.6 Å². The summed E-state index contributed by atoms with van der Waals surface area (Å²) in [4.78, 5) is 2.48. The molecular formula is C10H19NO. The standard InChI is InChI=1S/C10H19NO/c1-7-3-8-5-10(12)6-9(4-7)11(8)2/h7-10,12H,3-6H2,1-2H3. The van der Waals surface area contributed by atoms with Crippen molar-refractivity contribution in [2.75, 3.05) is 7.05 Å². The van der Waals surface area contributed by atoms with E-state index in [1.165, 1.54) is 12.8 Å². The zero-order valence-electron chi connectivity index (χ0n) is 8.03. The van der Waals surface area contributed by atoms with E-state index in [0.29, 0.717) is 12.1 Å². The molecule has 2 aliphatic heterocycles. The molecule has 2 heterocycles. The first-order valence-electron chi connectivity index (χ1n) is 5.07. The number of piperidine rings is 2. The molecule has 2 saturated heterocycles. The van der Waals surface area contributed by atoms with Gasteiger partial charge in [-0.1, -0.05) is 6.92 Å². The van der Waals surface area contributed by atoms with Gasteiger partial charge < -0.3 is 10.0 Å². The van der Waals surface area contributed by atoms with E-state index in [1.54, 1.807) is 0 Å². The van der Waals surface area contributed by atoms with Gasteiger partial charge in [-0.2, -0.15) is 0 Å². The molecule has 2 bridgehead atoms. The maximum atomic E-state index is 9.59. The molecule has 2 unspecified atom stereocenters. The highest BCUT2D eigenvalue weighted by molar-refractivity contribution is 4.92. The third kappa shape index (κ3) is 1.38.